The van der Waals surface area contributed by atoms with Gasteiger partial charge in [-0.2, -0.15) is 0 Å². The standard InChI is InChI=1S/C21H26N2/c1-18-13-14-21(17-22(18)2)23(15-19-9-5-3-6-10-19)16-20-11-7-4-8-12-20/h3-12,21H,1,13-17H2,2H3/t21-/m0/s1. The molecule has 2 nitrogen and oxygen atoms in total. The summed E-state index contributed by atoms with van der Waals surface area (Å²) in [5, 5.41) is 0. The van der Waals surface area contributed by atoms with Crippen LogP contribution in [-0.4, -0.2) is 29.4 Å². The molecule has 120 valence electrons. The molecule has 1 aliphatic heterocycles. The van der Waals surface area contributed by atoms with Gasteiger partial charge in [0.25, 0.3) is 0 Å². The Morgan fingerprint density at radius 2 is 1.48 bits per heavy atom. The zero-order chi connectivity index (χ0) is 16.1. The Kier molecular flexibility index (Phi) is 5.14. The van der Waals surface area contributed by atoms with Crippen LogP contribution in [-0.2, 0) is 13.1 Å². The molecule has 0 N–H and O–H groups in total. The summed E-state index contributed by atoms with van der Waals surface area (Å²) < 4.78 is 0. The second-order valence-electron chi connectivity index (χ2n) is 6.52. The highest BCUT2D eigenvalue weighted by Gasteiger charge is 2.25. The smallest absolute Gasteiger partial charge is 0.0328 e. The lowest BCUT2D eigenvalue weighted by atomic mass is 10.0. The van der Waals surface area contributed by atoms with Gasteiger partial charge in [0.05, 0.1) is 0 Å². The van der Waals surface area contributed by atoms with Gasteiger partial charge in [0.1, 0.15) is 0 Å². The summed E-state index contributed by atoms with van der Waals surface area (Å²) in [4.78, 5) is 4.94. The molecule has 0 saturated carbocycles. The molecule has 2 heteroatoms. The molecule has 2 aromatic rings. The van der Waals surface area contributed by atoms with E-state index >= 15 is 0 Å². The zero-order valence-corrected chi connectivity index (χ0v) is 14.0. The zero-order valence-electron chi connectivity index (χ0n) is 14.0. The van der Waals surface area contributed by atoms with Crippen molar-refractivity contribution in [1.82, 2.24) is 9.80 Å². The van der Waals surface area contributed by atoms with Crippen molar-refractivity contribution in [2.75, 3.05) is 13.6 Å². The molecule has 0 amide bonds. The lowest BCUT2D eigenvalue weighted by Gasteiger charge is -2.40. The first-order valence-electron chi connectivity index (χ1n) is 8.43. The van der Waals surface area contributed by atoms with Crippen molar-refractivity contribution in [3.8, 4) is 0 Å². The lowest BCUT2D eigenvalue weighted by Crippen LogP contribution is -2.45. The van der Waals surface area contributed by atoms with Gasteiger partial charge >= 0.3 is 0 Å². The SMILES string of the molecule is C=C1CC[C@H](N(Cc2ccccc2)Cc2ccccc2)CN1C. The van der Waals surface area contributed by atoms with E-state index in [-0.39, 0.29) is 0 Å². The van der Waals surface area contributed by atoms with Crippen molar-refractivity contribution >= 4 is 0 Å². The minimum Gasteiger partial charge on any atom is -0.377 e. The van der Waals surface area contributed by atoms with Crippen LogP contribution >= 0.6 is 0 Å². The van der Waals surface area contributed by atoms with E-state index in [4.69, 9.17) is 0 Å². The fraction of sp³-hybridized carbons (Fsp3) is 0.333. The Bertz CT molecular complexity index is 579. The molecular weight excluding hydrogens is 280 g/mol. The maximum atomic E-state index is 4.16. The number of likely N-dealkylation sites (tertiary alicyclic amines) is 1. The van der Waals surface area contributed by atoms with Crippen molar-refractivity contribution in [3.63, 3.8) is 0 Å². The van der Waals surface area contributed by atoms with Gasteiger partial charge in [-0.15, -0.1) is 0 Å². The molecule has 3 rings (SSSR count). The number of benzene rings is 2. The molecular formula is C21H26N2. The van der Waals surface area contributed by atoms with Crippen LogP contribution in [0.2, 0.25) is 0 Å². The molecule has 1 fully saturated rings. The van der Waals surface area contributed by atoms with E-state index in [0.29, 0.717) is 6.04 Å². The number of hydrogen-bond acceptors (Lipinski definition) is 2. The predicted molar refractivity (Wildman–Crippen MR) is 96.9 cm³/mol. The van der Waals surface area contributed by atoms with Crippen LogP contribution < -0.4 is 0 Å². The van der Waals surface area contributed by atoms with Gasteiger partial charge in [-0.05, 0) is 24.0 Å². The summed E-state index contributed by atoms with van der Waals surface area (Å²) in [6.07, 6.45) is 2.30. The molecule has 0 unspecified atom stereocenters. The first-order chi connectivity index (χ1) is 11.2. The number of rotatable bonds is 5. The van der Waals surface area contributed by atoms with E-state index in [9.17, 15) is 0 Å². The van der Waals surface area contributed by atoms with Crippen LogP contribution in [0, 0.1) is 0 Å². The van der Waals surface area contributed by atoms with E-state index in [1.54, 1.807) is 0 Å². The molecule has 2 aromatic carbocycles. The fourth-order valence-electron chi connectivity index (χ4n) is 3.31. The molecule has 0 aromatic heterocycles. The van der Waals surface area contributed by atoms with Gasteiger partial charge in [-0.25, -0.2) is 0 Å². The molecule has 23 heavy (non-hydrogen) atoms. The van der Waals surface area contributed by atoms with E-state index < -0.39 is 0 Å². The Hall–Kier alpha value is -2.06. The Morgan fingerprint density at radius 3 is 1.96 bits per heavy atom. The highest BCUT2D eigenvalue weighted by Crippen LogP contribution is 2.24. The second-order valence-corrected chi connectivity index (χ2v) is 6.52. The molecule has 0 radical (unpaired) electrons. The van der Waals surface area contributed by atoms with Crippen LogP contribution in [0.5, 0.6) is 0 Å². The highest BCUT2D eigenvalue weighted by molar-refractivity contribution is 5.17. The van der Waals surface area contributed by atoms with E-state index in [1.165, 1.54) is 23.2 Å². The number of likely N-dealkylation sites (N-methyl/N-ethyl adjacent to an activating group) is 1. The van der Waals surface area contributed by atoms with Gasteiger partial charge in [-0.1, -0.05) is 67.2 Å². The predicted octanol–water partition coefficient (Wildman–Crippen LogP) is 4.30. The average Bonchev–Trinajstić information content (AvgIpc) is 2.59. The van der Waals surface area contributed by atoms with Crippen molar-refractivity contribution in [2.45, 2.75) is 32.0 Å². The van der Waals surface area contributed by atoms with Crippen molar-refractivity contribution in [3.05, 3.63) is 84.1 Å². The van der Waals surface area contributed by atoms with Gasteiger partial charge in [0, 0.05) is 38.4 Å². The first kappa shape index (κ1) is 15.8. The van der Waals surface area contributed by atoms with Crippen LogP contribution in [0.3, 0.4) is 0 Å². The molecule has 1 saturated heterocycles. The topological polar surface area (TPSA) is 6.48 Å². The highest BCUT2D eigenvalue weighted by atomic mass is 15.2. The van der Waals surface area contributed by atoms with Gasteiger partial charge in [-0.3, -0.25) is 4.90 Å². The number of piperidine rings is 1. The second kappa shape index (κ2) is 7.47. The maximum Gasteiger partial charge on any atom is 0.0328 e. The number of nitrogens with zero attached hydrogens (tertiary/aromatic N) is 2. The fourth-order valence-corrected chi connectivity index (χ4v) is 3.31. The third kappa shape index (κ3) is 4.23. The minimum absolute atomic E-state index is 0.575. The van der Waals surface area contributed by atoms with Crippen LogP contribution in [0.4, 0.5) is 0 Å². The first-order valence-corrected chi connectivity index (χ1v) is 8.43. The van der Waals surface area contributed by atoms with Crippen molar-refractivity contribution in [2.24, 2.45) is 0 Å². The van der Waals surface area contributed by atoms with Crippen molar-refractivity contribution in [1.29, 1.82) is 0 Å². The lowest BCUT2D eigenvalue weighted by molar-refractivity contribution is 0.119. The Balaban J connectivity index is 1.76. The monoisotopic (exact) mass is 306 g/mol. The molecule has 0 aliphatic carbocycles. The molecule has 1 heterocycles. The van der Waals surface area contributed by atoms with Gasteiger partial charge < -0.3 is 4.90 Å². The van der Waals surface area contributed by atoms with Gasteiger partial charge in [0.15, 0.2) is 0 Å². The van der Waals surface area contributed by atoms with E-state index in [2.05, 4.69) is 84.1 Å². The Labute approximate surface area is 140 Å². The van der Waals surface area contributed by atoms with Crippen LogP contribution in [0.15, 0.2) is 72.9 Å². The summed E-state index contributed by atoms with van der Waals surface area (Å²) >= 11 is 0. The summed E-state index contributed by atoms with van der Waals surface area (Å²) in [6, 6.07) is 22.2. The van der Waals surface area contributed by atoms with Crippen molar-refractivity contribution < 1.29 is 0 Å². The van der Waals surface area contributed by atoms with Crippen LogP contribution in [0.25, 0.3) is 0 Å². The van der Waals surface area contributed by atoms with E-state index in [0.717, 1.165) is 26.1 Å². The molecule has 0 spiro atoms. The van der Waals surface area contributed by atoms with E-state index in [1.807, 2.05) is 0 Å². The third-order valence-corrected chi connectivity index (χ3v) is 4.76. The summed E-state index contributed by atoms with van der Waals surface area (Å²) in [5.41, 5.74) is 4.03. The Morgan fingerprint density at radius 1 is 0.957 bits per heavy atom. The maximum absolute atomic E-state index is 4.16. The number of hydrogen-bond donors (Lipinski definition) is 0. The van der Waals surface area contributed by atoms with Crippen LogP contribution in [0.1, 0.15) is 24.0 Å². The van der Waals surface area contributed by atoms with Gasteiger partial charge in [0.2, 0.25) is 0 Å². The number of allylic oxidation sites excluding steroid dienone is 1. The molecule has 1 atom stereocenters. The average molecular weight is 306 g/mol. The summed E-state index contributed by atoms with van der Waals surface area (Å²) in [7, 11) is 2.16. The summed E-state index contributed by atoms with van der Waals surface area (Å²) in [6.45, 7) is 7.23. The molecule has 1 aliphatic rings. The minimum atomic E-state index is 0.575. The molecule has 0 bridgehead atoms. The summed E-state index contributed by atoms with van der Waals surface area (Å²) in [5.74, 6) is 0. The quantitative estimate of drug-likeness (QED) is 0.813. The normalized spacial score (nSPS) is 18.4. The third-order valence-electron chi connectivity index (χ3n) is 4.76. The largest absolute Gasteiger partial charge is 0.377 e.